The van der Waals surface area contributed by atoms with E-state index >= 15 is 0 Å². The maximum absolute atomic E-state index is 9.84. The number of hydrogen-bond acceptors (Lipinski definition) is 4. The van der Waals surface area contributed by atoms with Crippen LogP contribution in [0.4, 0.5) is 0 Å². The van der Waals surface area contributed by atoms with Crippen LogP contribution in [0.5, 0.6) is 0 Å². The third-order valence-corrected chi connectivity index (χ3v) is 3.44. The maximum Gasteiger partial charge on any atom is 0.164 e. The molecule has 1 N–H and O–H groups in total. The van der Waals surface area contributed by atoms with E-state index in [0.717, 1.165) is 4.47 Å². The fraction of sp³-hybridized carbons (Fsp3) is 0.125. The lowest BCUT2D eigenvalue weighted by molar-refractivity contribution is 0.188. The van der Waals surface area contributed by atoms with Gasteiger partial charge in [0.15, 0.2) is 11.9 Å². The summed E-state index contributed by atoms with van der Waals surface area (Å²) in [6, 6.07) is 1.72. The second-order valence-corrected chi connectivity index (χ2v) is 5.09. The Morgan fingerprint density at radius 3 is 2.93 bits per heavy atom. The van der Waals surface area contributed by atoms with Gasteiger partial charge >= 0.3 is 0 Å². The molecule has 2 aromatic rings. The predicted molar refractivity (Wildman–Crippen MR) is 57.6 cm³/mol. The van der Waals surface area contributed by atoms with Crippen molar-refractivity contribution < 1.29 is 9.52 Å². The van der Waals surface area contributed by atoms with E-state index in [9.17, 15) is 5.11 Å². The molecule has 0 aliphatic heterocycles. The molecule has 0 amide bonds. The Hall–Kier alpha value is -0.360. The topological polar surface area (TPSA) is 46.3 Å². The van der Waals surface area contributed by atoms with Gasteiger partial charge in [-0.05, 0) is 22.0 Å². The highest BCUT2D eigenvalue weighted by Gasteiger charge is 2.20. The zero-order valence-corrected chi connectivity index (χ0v) is 9.93. The predicted octanol–water partition coefficient (Wildman–Crippen LogP) is 3.23. The second kappa shape index (κ2) is 4.02. The fourth-order valence-electron chi connectivity index (χ4n) is 1.01. The Morgan fingerprint density at radius 1 is 1.64 bits per heavy atom. The first-order valence-corrected chi connectivity index (χ1v) is 5.69. The van der Waals surface area contributed by atoms with Gasteiger partial charge in [-0.15, -0.1) is 11.3 Å². The van der Waals surface area contributed by atoms with Crippen molar-refractivity contribution in [2.24, 2.45) is 0 Å². The summed E-state index contributed by atoms with van der Waals surface area (Å²) in [4.78, 5) is 3.97. The molecule has 0 fully saturated rings. The summed E-state index contributed by atoms with van der Waals surface area (Å²) in [5.41, 5.74) is 0. The molecule has 0 aliphatic rings. The van der Waals surface area contributed by atoms with Crippen molar-refractivity contribution in [1.82, 2.24) is 4.98 Å². The van der Waals surface area contributed by atoms with Gasteiger partial charge in [-0.1, -0.05) is 11.6 Å². The van der Waals surface area contributed by atoms with Crippen molar-refractivity contribution in [3.05, 3.63) is 38.1 Å². The van der Waals surface area contributed by atoms with E-state index in [4.69, 9.17) is 16.0 Å². The van der Waals surface area contributed by atoms with Gasteiger partial charge in [0.2, 0.25) is 0 Å². The standard InChI is InChI=1S/C8H5BrClNO2S/c9-4-1-2-13-7(4)6(12)8-11-3-5(10)14-8/h1-3,6,12H. The molecular formula is C8H5BrClNO2S. The molecule has 1 unspecified atom stereocenters. The lowest BCUT2D eigenvalue weighted by Gasteiger charge is -2.03. The number of furan rings is 1. The number of nitrogens with zero attached hydrogens (tertiary/aromatic N) is 1. The van der Waals surface area contributed by atoms with E-state index in [1.165, 1.54) is 23.8 Å². The molecule has 2 aromatic heterocycles. The van der Waals surface area contributed by atoms with Crippen LogP contribution in [0.3, 0.4) is 0 Å². The van der Waals surface area contributed by atoms with E-state index in [0.29, 0.717) is 15.1 Å². The van der Waals surface area contributed by atoms with Crippen LogP contribution in [-0.2, 0) is 0 Å². The van der Waals surface area contributed by atoms with Gasteiger partial charge in [-0.3, -0.25) is 0 Å². The van der Waals surface area contributed by atoms with Crippen LogP contribution < -0.4 is 0 Å². The summed E-state index contributed by atoms with van der Waals surface area (Å²) in [5, 5.41) is 10.4. The van der Waals surface area contributed by atoms with E-state index in [2.05, 4.69) is 20.9 Å². The monoisotopic (exact) mass is 293 g/mol. The van der Waals surface area contributed by atoms with Gasteiger partial charge in [0.1, 0.15) is 9.34 Å². The second-order valence-electron chi connectivity index (χ2n) is 2.54. The number of hydrogen-bond donors (Lipinski definition) is 1. The minimum absolute atomic E-state index is 0.441. The first kappa shape index (κ1) is 10.2. The molecule has 0 saturated carbocycles. The van der Waals surface area contributed by atoms with Gasteiger partial charge in [0.05, 0.1) is 16.9 Å². The number of aliphatic hydroxyl groups is 1. The average molecular weight is 295 g/mol. The molecule has 2 rings (SSSR count). The fourth-order valence-corrected chi connectivity index (χ4v) is 2.34. The Labute approximate surface area is 97.5 Å². The summed E-state index contributed by atoms with van der Waals surface area (Å²) in [7, 11) is 0. The molecule has 74 valence electrons. The van der Waals surface area contributed by atoms with Crippen LogP contribution in [0, 0.1) is 0 Å². The van der Waals surface area contributed by atoms with Crippen LogP contribution >= 0.6 is 38.9 Å². The van der Waals surface area contributed by atoms with Crippen molar-refractivity contribution in [2.45, 2.75) is 6.10 Å². The van der Waals surface area contributed by atoms with Crippen LogP contribution in [0.15, 0.2) is 27.4 Å². The van der Waals surface area contributed by atoms with Crippen molar-refractivity contribution in [3.63, 3.8) is 0 Å². The molecule has 2 heterocycles. The number of halogens is 2. The van der Waals surface area contributed by atoms with E-state index in [-0.39, 0.29) is 0 Å². The van der Waals surface area contributed by atoms with Crippen molar-refractivity contribution in [2.75, 3.05) is 0 Å². The van der Waals surface area contributed by atoms with Crippen LogP contribution in [-0.4, -0.2) is 10.1 Å². The van der Waals surface area contributed by atoms with Gasteiger partial charge in [0.25, 0.3) is 0 Å². The Bertz CT molecular complexity index is 442. The summed E-state index contributed by atoms with van der Waals surface area (Å²) >= 11 is 10.2. The SMILES string of the molecule is OC(c1ncc(Cl)s1)c1occc1Br. The zero-order chi connectivity index (χ0) is 10.1. The Kier molecular flexibility index (Phi) is 2.92. The Balaban J connectivity index is 2.33. The lowest BCUT2D eigenvalue weighted by atomic mass is 10.3. The van der Waals surface area contributed by atoms with Crippen LogP contribution in [0.2, 0.25) is 4.34 Å². The largest absolute Gasteiger partial charge is 0.465 e. The summed E-state index contributed by atoms with van der Waals surface area (Å²) in [5.74, 6) is 0.441. The van der Waals surface area contributed by atoms with Crippen LogP contribution in [0.1, 0.15) is 16.9 Å². The highest BCUT2D eigenvalue weighted by atomic mass is 79.9. The molecule has 0 spiro atoms. The molecule has 0 aliphatic carbocycles. The third kappa shape index (κ3) is 1.86. The quantitative estimate of drug-likeness (QED) is 0.925. The first-order chi connectivity index (χ1) is 6.68. The minimum Gasteiger partial charge on any atom is -0.465 e. The summed E-state index contributed by atoms with van der Waals surface area (Å²) < 4.78 is 6.38. The Morgan fingerprint density at radius 2 is 2.43 bits per heavy atom. The van der Waals surface area contributed by atoms with Crippen molar-refractivity contribution >= 4 is 38.9 Å². The summed E-state index contributed by atoms with van der Waals surface area (Å²) in [6.45, 7) is 0. The number of aromatic nitrogens is 1. The van der Waals surface area contributed by atoms with E-state index < -0.39 is 6.10 Å². The summed E-state index contributed by atoms with van der Waals surface area (Å²) in [6.07, 6.45) is 2.14. The normalized spacial score (nSPS) is 13.1. The van der Waals surface area contributed by atoms with Crippen molar-refractivity contribution in [3.8, 4) is 0 Å². The smallest absolute Gasteiger partial charge is 0.164 e. The van der Waals surface area contributed by atoms with Crippen molar-refractivity contribution in [1.29, 1.82) is 0 Å². The molecule has 0 aromatic carbocycles. The maximum atomic E-state index is 9.84. The highest BCUT2D eigenvalue weighted by Crippen LogP contribution is 2.32. The van der Waals surface area contributed by atoms with Gasteiger partial charge < -0.3 is 9.52 Å². The molecule has 0 radical (unpaired) electrons. The van der Waals surface area contributed by atoms with Gasteiger partial charge in [-0.25, -0.2) is 4.98 Å². The lowest BCUT2D eigenvalue weighted by Crippen LogP contribution is -1.97. The first-order valence-electron chi connectivity index (χ1n) is 3.70. The molecule has 14 heavy (non-hydrogen) atoms. The van der Waals surface area contributed by atoms with E-state index in [1.807, 2.05) is 0 Å². The highest BCUT2D eigenvalue weighted by molar-refractivity contribution is 9.10. The zero-order valence-electron chi connectivity index (χ0n) is 6.78. The van der Waals surface area contributed by atoms with Gasteiger partial charge in [-0.2, -0.15) is 0 Å². The third-order valence-electron chi connectivity index (χ3n) is 1.62. The molecule has 0 bridgehead atoms. The number of aliphatic hydroxyl groups excluding tert-OH is 1. The van der Waals surface area contributed by atoms with Crippen LogP contribution in [0.25, 0.3) is 0 Å². The molecular weight excluding hydrogens is 290 g/mol. The minimum atomic E-state index is -0.864. The number of rotatable bonds is 2. The average Bonchev–Trinajstić information content (AvgIpc) is 2.73. The molecule has 1 atom stereocenters. The molecule has 0 saturated heterocycles. The van der Waals surface area contributed by atoms with E-state index in [1.54, 1.807) is 6.07 Å². The number of thiazole rings is 1. The molecule has 3 nitrogen and oxygen atoms in total. The molecule has 6 heteroatoms. The van der Waals surface area contributed by atoms with Gasteiger partial charge in [0, 0.05) is 0 Å².